The van der Waals surface area contributed by atoms with E-state index in [-0.39, 0.29) is 24.4 Å². The summed E-state index contributed by atoms with van der Waals surface area (Å²) in [4.78, 5) is 34.8. The first-order chi connectivity index (χ1) is 7.70. The zero-order chi connectivity index (χ0) is 13.2. The van der Waals surface area contributed by atoms with Gasteiger partial charge in [-0.1, -0.05) is 20.8 Å². The van der Waals surface area contributed by atoms with Gasteiger partial charge in [-0.05, 0) is 11.8 Å². The average molecular weight is 242 g/mol. The van der Waals surface area contributed by atoms with Crippen LogP contribution in [0.4, 0.5) is 4.79 Å². The molecule has 1 heterocycles. The summed E-state index contributed by atoms with van der Waals surface area (Å²) in [6, 6.07) is -0.504. The molecule has 3 amide bonds. The van der Waals surface area contributed by atoms with E-state index in [0.29, 0.717) is 6.42 Å². The third kappa shape index (κ3) is 3.72. The van der Waals surface area contributed by atoms with E-state index in [1.54, 1.807) is 0 Å². The largest absolute Gasteiger partial charge is 0.481 e. The highest BCUT2D eigenvalue weighted by Crippen LogP contribution is 2.25. The lowest BCUT2D eigenvalue weighted by atomic mass is 9.84. The summed E-state index contributed by atoms with van der Waals surface area (Å²) in [5.74, 6) is -2.06. The van der Waals surface area contributed by atoms with Crippen molar-refractivity contribution in [3.8, 4) is 0 Å². The van der Waals surface area contributed by atoms with E-state index in [2.05, 4.69) is 5.32 Å². The van der Waals surface area contributed by atoms with Crippen LogP contribution in [-0.4, -0.2) is 41.0 Å². The van der Waals surface area contributed by atoms with Crippen LogP contribution < -0.4 is 5.32 Å². The molecule has 0 aromatic rings. The van der Waals surface area contributed by atoms with Gasteiger partial charge in [0.05, 0.1) is 12.5 Å². The molecule has 0 saturated carbocycles. The molecule has 0 aromatic carbocycles. The van der Waals surface area contributed by atoms with Gasteiger partial charge in [0.2, 0.25) is 5.91 Å². The van der Waals surface area contributed by atoms with Crippen LogP contribution in [0.2, 0.25) is 0 Å². The van der Waals surface area contributed by atoms with Crippen molar-refractivity contribution in [1.29, 1.82) is 0 Å². The Hall–Kier alpha value is -1.59. The minimum absolute atomic E-state index is 0.0410. The van der Waals surface area contributed by atoms with Gasteiger partial charge < -0.3 is 10.4 Å². The van der Waals surface area contributed by atoms with Gasteiger partial charge in [-0.15, -0.1) is 0 Å². The molecule has 0 spiro atoms. The molecule has 1 saturated heterocycles. The molecular weight excluding hydrogens is 224 g/mol. The molecule has 6 heteroatoms. The van der Waals surface area contributed by atoms with E-state index in [1.165, 1.54) is 0 Å². The fourth-order valence-electron chi connectivity index (χ4n) is 1.83. The molecule has 1 unspecified atom stereocenters. The Balaban J connectivity index is 2.70. The molecule has 17 heavy (non-hydrogen) atoms. The quantitative estimate of drug-likeness (QED) is 0.709. The lowest BCUT2D eigenvalue weighted by Gasteiger charge is -2.25. The molecule has 1 fully saturated rings. The van der Waals surface area contributed by atoms with Gasteiger partial charge in [-0.3, -0.25) is 14.5 Å². The second-order valence-electron chi connectivity index (χ2n) is 5.46. The predicted molar refractivity (Wildman–Crippen MR) is 60.3 cm³/mol. The number of carbonyl (C=O) groups is 3. The maximum atomic E-state index is 11.4. The Labute approximate surface area is 100.0 Å². The SMILES string of the molecule is CC(C)(C)CC(CN1C(=O)CNC1=O)C(=O)O. The van der Waals surface area contributed by atoms with Crippen molar-refractivity contribution >= 4 is 17.9 Å². The van der Waals surface area contributed by atoms with Gasteiger partial charge in [-0.2, -0.15) is 0 Å². The van der Waals surface area contributed by atoms with Gasteiger partial charge >= 0.3 is 12.0 Å². The van der Waals surface area contributed by atoms with Crippen LogP contribution in [0.5, 0.6) is 0 Å². The van der Waals surface area contributed by atoms with Crippen LogP contribution >= 0.6 is 0 Å². The Morgan fingerprint density at radius 3 is 2.41 bits per heavy atom. The molecule has 0 bridgehead atoms. The summed E-state index contributed by atoms with van der Waals surface area (Å²) in [5, 5.41) is 11.5. The second kappa shape index (κ2) is 4.73. The van der Waals surface area contributed by atoms with Gasteiger partial charge in [0.15, 0.2) is 0 Å². The van der Waals surface area contributed by atoms with Crippen LogP contribution in [0.25, 0.3) is 0 Å². The third-order valence-electron chi connectivity index (χ3n) is 2.55. The van der Waals surface area contributed by atoms with Crippen LogP contribution in [0, 0.1) is 11.3 Å². The molecule has 96 valence electrons. The highest BCUT2D eigenvalue weighted by atomic mass is 16.4. The maximum absolute atomic E-state index is 11.4. The number of carboxylic acids is 1. The van der Waals surface area contributed by atoms with Gasteiger partial charge in [-0.25, -0.2) is 4.79 Å². The van der Waals surface area contributed by atoms with Crippen molar-refractivity contribution in [1.82, 2.24) is 10.2 Å². The summed E-state index contributed by atoms with van der Waals surface area (Å²) < 4.78 is 0. The first-order valence-electron chi connectivity index (χ1n) is 5.52. The molecule has 1 aliphatic rings. The van der Waals surface area contributed by atoms with Crippen LogP contribution in [-0.2, 0) is 9.59 Å². The Kier molecular flexibility index (Phi) is 3.75. The number of rotatable bonds is 4. The Morgan fingerprint density at radius 1 is 1.47 bits per heavy atom. The molecule has 1 atom stereocenters. The molecule has 6 nitrogen and oxygen atoms in total. The topological polar surface area (TPSA) is 86.7 Å². The lowest BCUT2D eigenvalue weighted by molar-refractivity contribution is -0.143. The average Bonchev–Trinajstić information content (AvgIpc) is 2.45. The number of hydrogen-bond donors (Lipinski definition) is 2. The number of nitrogens with one attached hydrogen (secondary N) is 1. The van der Waals surface area contributed by atoms with E-state index in [9.17, 15) is 14.4 Å². The van der Waals surface area contributed by atoms with Crippen molar-refractivity contribution in [3.63, 3.8) is 0 Å². The van der Waals surface area contributed by atoms with Crippen molar-refractivity contribution in [2.24, 2.45) is 11.3 Å². The lowest BCUT2D eigenvalue weighted by Crippen LogP contribution is -2.39. The van der Waals surface area contributed by atoms with Gasteiger partial charge in [0.25, 0.3) is 0 Å². The first-order valence-corrected chi connectivity index (χ1v) is 5.52. The number of urea groups is 1. The minimum atomic E-state index is -0.979. The molecule has 1 rings (SSSR count). The van der Waals surface area contributed by atoms with E-state index < -0.39 is 17.9 Å². The first kappa shape index (κ1) is 13.5. The smallest absolute Gasteiger partial charge is 0.324 e. The maximum Gasteiger partial charge on any atom is 0.324 e. The Bertz CT molecular complexity index is 330. The van der Waals surface area contributed by atoms with Crippen molar-refractivity contribution < 1.29 is 19.5 Å². The van der Waals surface area contributed by atoms with E-state index in [0.717, 1.165) is 4.90 Å². The molecule has 0 aromatic heterocycles. The fraction of sp³-hybridized carbons (Fsp3) is 0.727. The number of aliphatic carboxylic acids is 1. The summed E-state index contributed by atoms with van der Waals surface area (Å²) in [6.45, 7) is 5.68. The van der Waals surface area contributed by atoms with Crippen molar-refractivity contribution in [2.45, 2.75) is 27.2 Å². The van der Waals surface area contributed by atoms with E-state index >= 15 is 0 Å². The monoisotopic (exact) mass is 242 g/mol. The minimum Gasteiger partial charge on any atom is -0.481 e. The van der Waals surface area contributed by atoms with Gasteiger partial charge in [0.1, 0.15) is 0 Å². The Morgan fingerprint density at radius 2 is 2.06 bits per heavy atom. The fourth-order valence-corrected chi connectivity index (χ4v) is 1.83. The summed E-state index contributed by atoms with van der Waals surface area (Å²) in [7, 11) is 0. The van der Waals surface area contributed by atoms with Gasteiger partial charge in [0, 0.05) is 6.54 Å². The third-order valence-corrected chi connectivity index (χ3v) is 2.55. The normalized spacial score (nSPS) is 18.2. The number of nitrogens with zero attached hydrogens (tertiary/aromatic N) is 1. The zero-order valence-electron chi connectivity index (χ0n) is 10.3. The van der Waals surface area contributed by atoms with Crippen LogP contribution in [0.1, 0.15) is 27.2 Å². The standard InChI is InChI=1S/C11H18N2O4/c1-11(2,3)4-7(9(15)16)6-13-8(14)5-12-10(13)17/h7H,4-6H2,1-3H3,(H,12,17)(H,15,16). The molecule has 0 radical (unpaired) electrons. The number of carbonyl (C=O) groups excluding carboxylic acids is 2. The summed E-state index contributed by atoms with van der Waals surface area (Å²) >= 11 is 0. The molecule has 1 aliphatic heterocycles. The highest BCUT2D eigenvalue weighted by Gasteiger charge is 2.34. The van der Waals surface area contributed by atoms with E-state index in [4.69, 9.17) is 5.11 Å². The van der Waals surface area contributed by atoms with Crippen molar-refractivity contribution in [3.05, 3.63) is 0 Å². The molecule has 0 aliphatic carbocycles. The number of amides is 3. The van der Waals surface area contributed by atoms with E-state index in [1.807, 2.05) is 20.8 Å². The number of imide groups is 1. The van der Waals surface area contributed by atoms with Crippen molar-refractivity contribution in [2.75, 3.05) is 13.1 Å². The zero-order valence-corrected chi connectivity index (χ0v) is 10.3. The molecule has 2 N–H and O–H groups in total. The molecular formula is C11H18N2O4. The second-order valence-corrected chi connectivity index (χ2v) is 5.46. The van der Waals surface area contributed by atoms with Crippen LogP contribution in [0.15, 0.2) is 0 Å². The summed E-state index contributed by atoms with van der Waals surface area (Å²) in [6.07, 6.45) is 0.416. The summed E-state index contributed by atoms with van der Waals surface area (Å²) in [5.41, 5.74) is -0.164. The number of carboxylic acid groups (broad SMARTS) is 1. The highest BCUT2D eigenvalue weighted by molar-refractivity contribution is 6.02. The predicted octanol–water partition coefficient (Wildman–Crippen LogP) is 0.675. The number of hydrogen-bond acceptors (Lipinski definition) is 3. The van der Waals surface area contributed by atoms with Crippen LogP contribution in [0.3, 0.4) is 0 Å².